The fraction of sp³-hybridized carbons (Fsp3) is 0.708. The molecule has 8 aliphatic rings. The Morgan fingerprint density at radius 2 is 0.550 bits per heavy atom. The minimum atomic E-state index is -3.05. The van der Waals surface area contributed by atoms with Crippen LogP contribution in [0.5, 0.6) is 46.0 Å². The molecule has 20 atom stereocenters. The molecule has 4 fully saturated rings. The molecule has 8 heterocycles. The first-order valence-corrected chi connectivity index (χ1v) is 40.5. The van der Waals surface area contributed by atoms with Gasteiger partial charge in [0.15, 0.2) is 46.0 Å². The van der Waals surface area contributed by atoms with Gasteiger partial charge >= 0.3 is 23.9 Å². The van der Waals surface area contributed by atoms with Crippen LogP contribution in [0.4, 0.5) is 0 Å². The molecule has 120 heavy (non-hydrogen) atoms. The van der Waals surface area contributed by atoms with Gasteiger partial charge in [-0.25, -0.2) is 0 Å². The van der Waals surface area contributed by atoms with Gasteiger partial charge in [-0.15, -0.1) is 0 Å². The van der Waals surface area contributed by atoms with Gasteiger partial charge in [-0.3, -0.25) is 38.8 Å². The Bertz CT molecular complexity index is 5700. The lowest BCUT2D eigenvalue weighted by Crippen LogP contribution is -2.51. The van der Waals surface area contributed by atoms with Crippen molar-refractivity contribution in [2.45, 2.75) is 260 Å². The van der Waals surface area contributed by atoms with E-state index in [0.29, 0.717) is 11.1 Å². The van der Waals surface area contributed by atoms with Crippen molar-refractivity contribution < 1.29 is 134 Å². The highest BCUT2D eigenvalue weighted by molar-refractivity contribution is 5.77. The summed E-state index contributed by atoms with van der Waals surface area (Å²) in [7, 11) is 1.79. The summed E-state index contributed by atoms with van der Waals surface area (Å²) in [4.78, 5) is 58.2. The number of nitrogens with zero attached hydrogens (tertiary/aromatic N) is 4. The van der Waals surface area contributed by atoms with Crippen LogP contribution in [0.2, 0.25) is 0 Å². The number of nitrogens with two attached hydrogens (primary N) is 4. The van der Waals surface area contributed by atoms with Gasteiger partial charge in [0.25, 0.3) is 0 Å². The minimum Gasteiger partial charge on any atom is -0.493 e. The van der Waals surface area contributed by atoms with E-state index in [9.17, 15) is 24.7 Å². The molecule has 4 saturated heterocycles. The molecule has 16 unspecified atom stereocenters. The van der Waals surface area contributed by atoms with Crippen molar-refractivity contribution in [3.8, 4) is 46.0 Å². The number of ether oxygens (including phenoxy) is 12. The average Bonchev–Trinajstić information content (AvgIpc) is 0.727. The first-order chi connectivity index (χ1) is 73.4. The molecule has 4 aromatic carbocycles. The van der Waals surface area contributed by atoms with E-state index in [2.05, 4.69) is 0 Å². The number of fused-ring (bicyclic) bond motifs is 12. The summed E-state index contributed by atoms with van der Waals surface area (Å²) >= 11 is 0. The lowest BCUT2D eigenvalue weighted by Gasteiger charge is -2.47. The fourth-order valence-electron chi connectivity index (χ4n) is 15.6. The first-order valence-electron chi connectivity index (χ1n) is 61.5. The number of methoxy groups -OCH3 is 8. The van der Waals surface area contributed by atoms with E-state index in [1.165, 1.54) is 38.2 Å². The number of carbonyl (C=O) groups is 4. The lowest BCUT2D eigenvalue weighted by atomic mass is 9.79. The molecule has 0 spiro atoms. The zero-order chi connectivity index (χ0) is 125. The normalized spacial score (nSPS) is 35.5. The van der Waals surface area contributed by atoms with Gasteiger partial charge in [-0.2, -0.15) is 0 Å². The van der Waals surface area contributed by atoms with Crippen molar-refractivity contribution in [1.82, 2.24) is 19.6 Å². The number of carbonyl (C=O) groups excluding carboxylic acids is 4. The van der Waals surface area contributed by atoms with Crippen molar-refractivity contribution in [2.24, 2.45) is 93.9 Å². The third kappa shape index (κ3) is 23.8. The van der Waals surface area contributed by atoms with Gasteiger partial charge in [0.05, 0.1) is 81.4 Å². The maximum atomic E-state index is 13.0. The number of hydrogen-bond donors (Lipinski definition) is 4. The molecule has 12 rings (SSSR count). The van der Waals surface area contributed by atoms with Crippen LogP contribution in [0.25, 0.3) is 0 Å². The van der Waals surface area contributed by atoms with Gasteiger partial charge in [0.1, 0.15) is 48.6 Å². The van der Waals surface area contributed by atoms with Gasteiger partial charge in [-0.05, 0) is 191 Å². The summed E-state index contributed by atoms with van der Waals surface area (Å²) in [6.45, 7) is 4.76. The predicted molar refractivity (Wildman–Crippen MR) is 471 cm³/mol. The average molecular weight is 1720 g/mol. The van der Waals surface area contributed by atoms with E-state index in [1.807, 2.05) is 0 Å². The highest BCUT2D eigenvalue weighted by Crippen LogP contribution is 2.50. The Morgan fingerprint density at radius 3 is 0.725 bits per heavy atom. The van der Waals surface area contributed by atoms with Crippen LogP contribution in [0.1, 0.15) is 288 Å². The summed E-state index contributed by atoms with van der Waals surface area (Å²) < 4.78 is 417. The van der Waals surface area contributed by atoms with E-state index in [1.54, 1.807) is 65.2 Å². The third-order valence-electron chi connectivity index (χ3n) is 22.4. The first kappa shape index (κ1) is 53.2. The molecule has 24 nitrogen and oxygen atoms in total. The Labute approximate surface area is 777 Å². The largest absolute Gasteiger partial charge is 0.493 e. The molecular formula is C96H152N8O16. The number of piperidine rings is 4. The molecule has 4 aromatic rings. The van der Waals surface area contributed by atoms with E-state index in [4.69, 9.17) is 132 Å². The summed E-state index contributed by atoms with van der Waals surface area (Å²) in [5.41, 5.74) is 25.4. The van der Waals surface area contributed by atoms with Crippen LogP contribution in [-0.4, -0.2) is 201 Å². The smallest absolute Gasteiger partial charge is 0.323 e. The van der Waals surface area contributed by atoms with Crippen LogP contribution >= 0.6 is 0 Å². The monoisotopic (exact) mass is 1720 g/mol. The summed E-state index contributed by atoms with van der Waals surface area (Å²) in [6, 6.07) is -13.6. The number of rotatable bonds is 28. The molecular weight excluding hydrogens is 1520 g/mol. The number of esters is 4. The molecule has 24 heteroatoms. The quantitative estimate of drug-likeness (QED) is 0.0303. The van der Waals surface area contributed by atoms with Crippen molar-refractivity contribution >= 4 is 23.9 Å². The van der Waals surface area contributed by atoms with Crippen LogP contribution in [0, 0.1) is 70.9 Å². The summed E-state index contributed by atoms with van der Waals surface area (Å²) in [5.74, 6) is -22.2. The van der Waals surface area contributed by atoms with Crippen molar-refractivity contribution in [2.75, 3.05) is 109 Å². The van der Waals surface area contributed by atoms with Crippen molar-refractivity contribution in [1.29, 1.82) is 0 Å². The number of benzene rings is 4. The molecule has 0 bridgehead atoms. The Hall–Kier alpha value is -7.16. The molecule has 0 amide bonds. The molecule has 0 aromatic heterocycles. The molecule has 672 valence electrons. The molecule has 0 aliphatic carbocycles. The maximum Gasteiger partial charge on any atom is 0.323 e. The van der Waals surface area contributed by atoms with E-state index >= 15 is 0 Å². The molecule has 8 N–H and O–H groups in total. The van der Waals surface area contributed by atoms with Gasteiger partial charge in [0.2, 0.25) is 0 Å². The zero-order valence-electron chi connectivity index (χ0n) is 114. The predicted octanol–water partition coefficient (Wildman–Crippen LogP) is 14.3. The van der Waals surface area contributed by atoms with Gasteiger partial charge in [-0.1, -0.05) is 110 Å². The van der Waals surface area contributed by atoms with E-state index < -0.39 is 247 Å². The van der Waals surface area contributed by atoms with E-state index in [-0.39, 0.29) is 219 Å². The second-order valence-corrected chi connectivity index (χ2v) is 32.3. The lowest BCUT2D eigenvalue weighted by molar-refractivity contribution is -0.161. The SMILES string of the molecule is [2H]c1c2c(c([2H])c(OC)c1OC([2H])([2H])[2H])C1([2H])CC(OC(=O)[C@@H](N)C(C)C)C(C([2H])([2H])C([2H])(C)C([2H])([2H])[2H])CN1CC2.[2H]c1c2c(c([2H])c(OC)c1OC([2H])([2H])[2H])C1([2H])CC(OC(=O)[C@@H](N)C(C)C)C(C([2H])([2H])C([2H])(C)C([2H])([2H])[2H])CN1CC2.[2H]c1c2c(c([2H])c(OC)c1OC)C1([2H])CC(OC(=O)[C@@H](N)C(C)C)C(C([2H])([2H])C([2H])(C)C([2H])([2H])[2H])CN1CC2.[2H]c1c2c(c([2H])c(OC)c1OC)C1([2H])CC(OC(=O)[C@@H](N)C(C)C)C(C([2H])([2H])C([2H])(C)C([2H])([2H])[2H])CN1CC2. The Morgan fingerprint density at radius 1 is 0.358 bits per heavy atom. The van der Waals surface area contributed by atoms with Crippen LogP contribution in [0.15, 0.2) is 48.3 Å². The van der Waals surface area contributed by atoms with Crippen LogP contribution < -0.4 is 60.8 Å². The van der Waals surface area contributed by atoms with Crippen molar-refractivity contribution in [3.63, 3.8) is 0 Å². The number of hydrogen-bond acceptors (Lipinski definition) is 24. The van der Waals surface area contributed by atoms with Crippen LogP contribution in [0.3, 0.4) is 0 Å². The topological polar surface area (TPSA) is 296 Å². The van der Waals surface area contributed by atoms with E-state index in [0.717, 1.165) is 41.9 Å². The molecule has 0 radical (unpaired) electrons. The van der Waals surface area contributed by atoms with Gasteiger partial charge in [0, 0.05) is 159 Å². The standard InChI is InChI=1S/4C24H38N2O4/c4*1-14(2)9-17-13-26-8-7-16-10-21(28-5)22(29-6)11-18(16)19(26)12-20(17)30-24(27)23(25)15(3)4/h4*10-11,14-15,17,19-20,23H,7-9,12-13,25H2,1-6H3/t4*17?,19?,20?,23-/m0000/s1/i2*1D3,5D3,9D2,10D,11D,14D,19D;2*1D3,9D2,10D,11D,14D,19D/t4*14?,17?,19?,20?,23-. The van der Waals surface area contributed by atoms with Crippen molar-refractivity contribution in [3.05, 3.63) is 92.8 Å². The second-order valence-electron chi connectivity index (χ2n) is 32.3. The third-order valence-corrected chi connectivity index (χ3v) is 22.4. The Balaban J connectivity index is 0.000000238. The van der Waals surface area contributed by atoms with Gasteiger partial charge < -0.3 is 79.8 Å². The minimum absolute atomic E-state index is 0.0221. The summed E-state index contributed by atoms with van der Waals surface area (Å²) in [6.07, 6.45) is -17.4. The highest BCUT2D eigenvalue weighted by Gasteiger charge is 2.47. The highest BCUT2D eigenvalue weighted by atomic mass is 16.6. The summed E-state index contributed by atoms with van der Waals surface area (Å²) in [5, 5.41) is 0. The fourth-order valence-corrected chi connectivity index (χ4v) is 15.6. The second kappa shape index (κ2) is 43.9. The molecule has 0 saturated carbocycles. The zero-order valence-corrected chi connectivity index (χ0v) is 72.2. The van der Waals surface area contributed by atoms with Crippen LogP contribution in [-0.2, 0) is 63.8 Å². The molecule has 8 aliphatic heterocycles. The Kier molecular flexibility index (Phi) is 19.5. The maximum absolute atomic E-state index is 13.0.